The van der Waals surface area contributed by atoms with Gasteiger partial charge in [-0.2, -0.15) is 0 Å². The van der Waals surface area contributed by atoms with Crippen molar-refractivity contribution in [2.75, 3.05) is 19.9 Å². The van der Waals surface area contributed by atoms with Gasteiger partial charge in [0, 0.05) is 30.8 Å². The first-order valence-electron chi connectivity index (χ1n) is 10.9. The molecular formula is C24H24N2O6S. The second-order valence-corrected chi connectivity index (χ2v) is 10.3. The molecule has 2 heterocycles. The van der Waals surface area contributed by atoms with Crippen LogP contribution in [0.4, 0.5) is 0 Å². The van der Waals surface area contributed by atoms with E-state index in [1.54, 1.807) is 41.3 Å². The number of nitrogens with zero attached hydrogens (tertiary/aromatic N) is 1. The van der Waals surface area contributed by atoms with Gasteiger partial charge in [-0.1, -0.05) is 37.3 Å². The lowest BCUT2D eigenvalue weighted by atomic mass is 9.90. The first-order chi connectivity index (χ1) is 15.8. The van der Waals surface area contributed by atoms with Gasteiger partial charge in [0.2, 0.25) is 28.4 Å². The molecule has 33 heavy (non-hydrogen) atoms. The number of fused-ring (bicyclic) bond motifs is 2. The van der Waals surface area contributed by atoms with Gasteiger partial charge in [0.25, 0.3) is 0 Å². The summed E-state index contributed by atoms with van der Waals surface area (Å²) < 4.78 is 40.1. The van der Waals surface area contributed by atoms with E-state index in [1.807, 2.05) is 0 Å². The lowest BCUT2D eigenvalue weighted by Crippen LogP contribution is -2.42. The maximum Gasteiger partial charge on any atom is 0.247 e. The van der Waals surface area contributed by atoms with Gasteiger partial charge >= 0.3 is 0 Å². The molecule has 0 radical (unpaired) electrons. The number of ether oxygens (including phenoxy) is 2. The molecule has 0 unspecified atom stereocenters. The third-order valence-corrected chi connectivity index (χ3v) is 7.77. The summed E-state index contributed by atoms with van der Waals surface area (Å²) in [6, 6.07) is 11.5. The zero-order valence-corrected chi connectivity index (χ0v) is 19.0. The van der Waals surface area contributed by atoms with E-state index in [9.17, 15) is 18.0 Å². The number of piperidine rings is 1. The molecule has 2 aromatic rings. The Morgan fingerprint density at radius 2 is 1.64 bits per heavy atom. The van der Waals surface area contributed by atoms with Crippen LogP contribution in [0.2, 0.25) is 0 Å². The summed E-state index contributed by atoms with van der Waals surface area (Å²) in [4.78, 5) is 28.1. The second-order valence-electron chi connectivity index (χ2n) is 8.56. The maximum atomic E-state index is 13.5. The summed E-state index contributed by atoms with van der Waals surface area (Å²) in [5, 5.41) is 0. The Morgan fingerprint density at radius 3 is 2.36 bits per heavy atom. The summed E-state index contributed by atoms with van der Waals surface area (Å²) >= 11 is 0. The summed E-state index contributed by atoms with van der Waals surface area (Å²) in [5.74, 6) is 0.524. The molecule has 0 aromatic heterocycles. The number of nitrogens with one attached hydrogen (secondary N) is 1. The lowest BCUT2D eigenvalue weighted by molar-refractivity contribution is 0.0932. The topological polar surface area (TPSA) is 102 Å². The van der Waals surface area contributed by atoms with E-state index in [-0.39, 0.29) is 30.2 Å². The van der Waals surface area contributed by atoms with E-state index in [1.165, 1.54) is 6.07 Å². The molecule has 1 saturated heterocycles. The smallest absolute Gasteiger partial charge is 0.247 e. The van der Waals surface area contributed by atoms with Crippen molar-refractivity contribution in [3.8, 4) is 11.5 Å². The molecule has 1 aliphatic carbocycles. The third-order valence-electron chi connectivity index (χ3n) is 6.32. The van der Waals surface area contributed by atoms with Crippen molar-refractivity contribution >= 4 is 21.6 Å². The van der Waals surface area contributed by atoms with Gasteiger partial charge in [-0.15, -0.1) is 0 Å². The highest BCUT2D eigenvalue weighted by molar-refractivity contribution is 7.94. The number of carbonyl (C=O) groups excluding carboxylic acids is 2. The van der Waals surface area contributed by atoms with Crippen LogP contribution in [0, 0.1) is 5.92 Å². The molecule has 172 valence electrons. The first kappa shape index (κ1) is 21.7. The molecule has 1 N–H and O–H groups in total. The van der Waals surface area contributed by atoms with E-state index in [0.29, 0.717) is 36.1 Å². The SMILES string of the molecule is CC1CCN(C2=C(S(=O)(=O)NCc3ccc4c(c3)OCO4)C(=O)c3ccccc3C2=O)CC1. The van der Waals surface area contributed by atoms with Gasteiger partial charge in [-0.25, -0.2) is 13.1 Å². The van der Waals surface area contributed by atoms with Crippen LogP contribution in [0.5, 0.6) is 11.5 Å². The number of carbonyl (C=O) groups is 2. The quantitative estimate of drug-likeness (QED) is 0.720. The van der Waals surface area contributed by atoms with Crippen LogP contribution >= 0.6 is 0 Å². The summed E-state index contributed by atoms with van der Waals surface area (Å²) in [5.41, 5.74) is 0.974. The zero-order valence-electron chi connectivity index (χ0n) is 18.2. The van der Waals surface area contributed by atoms with E-state index >= 15 is 0 Å². The number of allylic oxidation sites excluding steroid dienone is 2. The van der Waals surface area contributed by atoms with Crippen LogP contribution in [0.25, 0.3) is 0 Å². The Kier molecular flexibility index (Phi) is 5.46. The molecule has 0 saturated carbocycles. The molecule has 9 heteroatoms. The molecular weight excluding hydrogens is 444 g/mol. The van der Waals surface area contributed by atoms with E-state index in [2.05, 4.69) is 11.6 Å². The van der Waals surface area contributed by atoms with Crippen LogP contribution in [0.15, 0.2) is 53.1 Å². The normalized spacial score (nSPS) is 18.6. The van der Waals surface area contributed by atoms with Crippen molar-refractivity contribution in [3.63, 3.8) is 0 Å². The number of hydrogen-bond acceptors (Lipinski definition) is 7. The Morgan fingerprint density at radius 1 is 0.970 bits per heavy atom. The van der Waals surface area contributed by atoms with Gasteiger partial charge in [0.15, 0.2) is 16.4 Å². The van der Waals surface area contributed by atoms with Crippen LogP contribution in [-0.2, 0) is 16.6 Å². The standard InChI is InChI=1S/C24H24N2O6S/c1-15-8-10-26(11-9-15)21-22(27)17-4-2-3-5-18(17)23(28)24(21)33(29,30)25-13-16-6-7-19-20(12-16)32-14-31-19/h2-7,12,15,25H,8-11,13-14H2,1H3. The van der Waals surface area contributed by atoms with Crippen LogP contribution in [-0.4, -0.2) is 44.8 Å². The Labute approximate surface area is 192 Å². The van der Waals surface area contributed by atoms with Gasteiger partial charge in [-0.3, -0.25) is 9.59 Å². The van der Waals surface area contributed by atoms with Crippen molar-refractivity contribution in [1.82, 2.24) is 9.62 Å². The maximum absolute atomic E-state index is 13.5. The molecule has 5 rings (SSSR count). The molecule has 2 aromatic carbocycles. The highest BCUT2D eigenvalue weighted by atomic mass is 32.2. The van der Waals surface area contributed by atoms with E-state index < -0.39 is 26.5 Å². The number of likely N-dealkylation sites (tertiary alicyclic amines) is 1. The van der Waals surface area contributed by atoms with Gasteiger partial charge in [0.1, 0.15) is 5.70 Å². The van der Waals surface area contributed by atoms with E-state index in [4.69, 9.17) is 9.47 Å². The third kappa shape index (κ3) is 3.91. The molecule has 0 bridgehead atoms. The number of ketones is 2. The fourth-order valence-electron chi connectivity index (χ4n) is 4.41. The number of benzene rings is 2. The fraction of sp³-hybridized carbons (Fsp3) is 0.333. The van der Waals surface area contributed by atoms with Crippen LogP contribution < -0.4 is 14.2 Å². The minimum absolute atomic E-state index is 0.0243. The van der Waals surface area contributed by atoms with Crippen molar-refractivity contribution < 1.29 is 27.5 Å². The molecule has 8 nitrogen and oxygen atoms in total. The summed E-state index contributed by atoms with van der Waals surface area (Å²) in [6.07, 6.45) is 1.65. The van der Waals surface area contributed by atoms with Crippen LogP contribution in [0.1, 0.15) is 46.0 Å². The fourth-order valence-corrected chi connectivity index (χ4v) is 5.74. The average molecular weight is 469 g/mol. The monoisotopic (exact) mass is 468 g/mol. The highest BCUT2D eigenvalue weighted by Crippen LogP contribution is 2.34. The van der Waals surface area contributed by atoms with Gasteiger partial charge in [0.05, 0.1) is 0 Å². The largest absolute Gasteiger partial charge is 0.454 e. The molecule has 0 atom stereocenters. The summed E-state index contributed by atoms with van der Waals surface area (Å²) in [6.45, 7) is 3.23. The zero-order chi connectivity index (χ0) is 23.2. The minimum atomic E-state index is -4.29. The first-order valence-corrected chi connectivity index (χ1v) is 12.4. The van der Waals surface area contributed by atoms with E-state index in [0.717, 1.165) is 12.8 Å². The van der Waals surface area contributed by atoms with Crippen molar-refractivity contribution in [2.45, 2.75) is 26.3 Å². The number of Topliss-reactive ketones (excluding diaryl/α,β-unsaturated/α-hetero) is 2. The number of sulfonamides is 1. The molecule has 0 spiro atoms. The minimum Gasteiger partial charge on any atom is -0.454 e. The average Bonchev–Trinajstić information content (AvgIpc) is 3.28. The van der Waals surface area contributed by atoms with Crippen LogP contribution in [0.3, 0.4) is 0 Å². The second kappa shape index (κ2) is 8.31. The van der Waals surface area contributed by atoms with Crippen molar-refractivity contribution in [3.05, 3.63) is 69.8 Å². The van der Waals surface area contributed by atoms with Gasteiger partial charge < -0.3 is 14.4 Å². The molecule has 2 aliphatic heterocycles. The van der Waals surface area contributed by atoms with Crippen molar-refractivity contribution in [2.24, 2.45) is 5.92 Å². The Balaban J connectivity index is 1.51. The molecule has 3 aliphatic rings. The highest BCUT2D eigenvalue weighted by Gasteiger charge is 2.41. The molecule has 0 amide bonds. The summed E-state index contributed by atoms with van der Waals surface area (Å²) in [7, 11) is -4.29. The van der Waals surface area contributed by atoms with Crippen molar-refractivity contribution in [1.29, 1.82) is 0 Å². The number of hydrogen-bond donors (Lipinski definition) is 1. The predicted octanol–water partition coefficient (Wildman–Crippen LogP) is 2.86. The molecule has 1 fully saturated rings. The predicted molar refractivity (Wildman–Crippen MR) is 120 cm³/mol. The number of rotatable bonds is 5. The Bertz CT molecular complexity index is 1280. The van der Waals surface area contributed by atoms with Gasteiger partial charge in [-0.05, 0) is 36.5 Å². The Hall–Kier alpha value is -3.17. The lowest BCUT2D eigenvalue weighted by Gasteiger charge is -2.35.